The van der Waals surface area contributed by atoms with E-state index in [4.69, 9.17) is 0 Å². The Bertz CT molecular complexity index is 330. The van der Waals surface area contributed by atoms with Crippen LogP contribution in [0.1, 0.15) is 51.2 Å². The van der Waals surface area contributed by atoms with Crippen molar-refractivity contribution < 1.29 is 0 Å². The maximum absolute atomic E-state index is 3.62. The van der Waals surface area contributed by atoms with E-state index in [2.05, 4.69) is 57.3 Å². The largest absolute Gasteiger partial charge is 0.314 e. The Balaban J connectivity index is 2.15. The quantitative estimate of drug-likeness (QED) is 0.674. The average Bonchev–Trinajstić information content (AvgIpc) is 2.32. The molecule has 1 rings (SSSR count). The summed E-state index contributed by atoms with van der Waals surface area (Å²) < 4.78 is 0. The van der Waals surface area contributed by atoms with Crippen molar-refractivity contribution in [3.05, 3.63) is 35.4 Å². The van der Waals surface area contributed by atoms with Crippen LogP contribution < -0.4 is 5.32 Å². The minimum absolute atomic E-state index is 0.623. The molecule has 1 heteroatoms. The first kappa shape index (κ1) is 15.2. The minimum atomic E-state index is 0.623. The van der Waals surface area contributed by atoms with Gasteiger partial charge in [0, 0.05) is 6.04 Å². The van der Waals surface area contributed by atoms with Gasteiger partial charge in [-0.1, -0.05) is 43.7 Å². The van der Waals surface area contributed by atoms with Crippen molar-refractivity contribution >= 4 is 0 Å². The highest BCUT2D eigenvalue weighted by atomic mass is 14.9. The van der Waals surface area contributed by atoms with Crippen LogP contribution in [-0.4, -0.2) is 12.6 Å². The lowest BCUT2D eigenvalue weighted by Crippen LogP contribution is -2.27. The molecular weight excluding hydrogens is 218 g/mol. The van der Waals surface area contributed by atoms with E-state index in [1.807, 2.05) is 0 Å². The topological polar surface area (TPSA) is 12.0 Å². The first-order chi connectivity index (χ1) is 8.58. The molecule has 1 nitrogen and oxygen atoms in total. The molecule has 1 atom stereocenters. The molecule has 0 saturated carbocycles. The standard InChI is InChI=1S/C17H29N/c1-14(2)7-6-12-18-16(4)10-11-17-9-5-8-15(3)13-17/h5,8-9,13-14,16,18H,6-7,10-12H2,1-4H3. The second-order valence-electron chi connectivity index (χ2n) is 5.92. The Morgan fingerprint density at radius 3 is 2.56 bits per heavy atom. The fourth-order valence-electron chi connectivity index (χ4n) is 2.21. The molecule has 0 aromatic heterocycles. The fraction of sp³-hybridized carbons (Fsp3) is 0.647. The minimum Gasteiger partial charge on any atom is -0.314 e. The number of rotatable bonds is 8. The van der Waals surface area contributed by atoms with Gasteiger partial charge in [-0.3, -0.25) is 0 Å². The molecule has 1 unspecified atom stereocenters. The summed E-state index contributed by atoms with van der Waals surface area (Å²) in [4.78, 5) is 0. The summed E-state index contributed by atoms with van der Waals surface area (Å²) >= 11 is 0. The molecule has 1 N–H and O–H groups in total. The van der Waals surface area contributed by atoms with Crippen LogP contribution in [0.25, 0.3) is 0 Å². The van der Waals surface area contributed by atoms with Gasteiger partial charge >= 0.3 is 0 Å². The number of benzene rings is 1. The van der Waals surface area contributed by atoms with Gasteiger partial charge in [0.2, 0.25) is 0 Å². The molecule has 0 aliphatic heterocycles. The third kappa shape index (κ3) is 6.80. The average molecular weight is 247 g/mol. The molecule has 0 aliphatic carbocycles. The number of hydrogen-bond acceptors (Lipinski definition) is 1. The number of hydrogen-bond donors (Lipinski definition) is 1. The van der Waals surface area contributed by atoms with Crippen LogP contribution in [0.15, 0.2) is 24.3 Å². The van der Waals surface area contributed by atoms with E-state index >= 15 is 0 Å². The van der Waals surface area contributed by atoms with Gasteiger partial charge in [-0.15, -0.1) is 0 Å². The second-order valence-corrected chi connectivity index (χ2v) is 5.92. The third-order valence-corrected chi connectivity index (χ3v) is 3.40. The Kier molecular flexibility index (Phi) is 7.04. The highest BCUT2D eigenvalue weighted by molar-refractivity contribution is 5.22. The maximum Gasteiger partial charge on any atom is 0.00418 e. The lowest BCUT2D eigenvalue weighted by Gasteiger charge is -2.14. The first-order valence-electron chi connectivity index (χ1n) is 7.37. The van der Waals surface area contributed by atoms with E-state index in [0.717, 1.165) is 12.5 Å². The van der Waals surface area contributed by atoms with Crippen LogP contribution in [0.3, 0.4) is 0 Å². The van der Waals surface area contributed by atoms with Crippen LogP contribution in [0.2, 0.25) is 0 Å². The number of aryl methyl sites for hydroxylation is 2. The monoisotopic (exact) mass is 247 g/mol. The molecular formula is C17H29N. The molecule has 1 aromatic carbocycles. The van der Waals surface area contributed by atoms with Crippen LogP contribution in [-0.2, 0) is 6.42 Å². The molecule has 0 fully saturated rings. The van der Waals surface area contributed by atoms with Crippen molar-refractivity contribution in [1.82, 2.24) is 5.32 Å². The van der Waals surface area contributed by atoms with Gasteiger partial charge in [-0.25, -0.2) is 0 Å². The van der Waals surface area contributed by atoms with Gasteiger partial charge in [0.25, 0.3) is 0 Å². The van der Waals surface area contributed by atoms with Crippen molar-refractivity contribution in [3.8, 4) is 0 Å². The van der Waals surface area contributed by atoms with E-state index in [1.54, 1.807) is 0 Å². The van der Waals surface area contributed by atoms with Gasteiger partial charge in [0.1, 0.15) is 0 Å². The summed E-state index contributed by atoms with van der Waals surface area (Å²) in [6.07, 6.45) is 5.04. The van der Waals surface area contributed by atoms with Crippen molar-refractivity contribution in [2.75, 3.05) is 6.54 Å². The molecule has 0 radical (unpaired) electrons. The van der Waals surface area contributed by atoms with E-state index in [-0.39, 0.29) is 0 Å². The first-order valence-corrected chi connectivity index (χ1v) is 7.37. The third-order valence-electron chi connectivity index (χ3n) is 3.40. The zero-order valence-corrected chi connectivity index (χ0v) is 12.5. The molecule has 0 aliphatic rings. The van der Waals surface area contributed by atoms with Gasteiger partial charge < -0.3 is 5.32 Å². The van der Waals surface area contributed by atoms with E-state index in [0.29, 0.717) is 6.04 Å². The van der Waals surface area contributed by atoms with Crippen molar-refractivity contribution in [1.29, 1.82) is 0 Å². The molecule has 1 aromatic rings. The predicted octanol–water partition coefficient (Wildman–Crippen LogP) is 4.34. The predicted molar refractivity (Wildman–Crippen MR) is 81.0 cm³/mol. The molecule has 0 bridgehead atoms. The Morgan fingerprint density at radius 1 is 1.11 bits per heavy atom. The van der Waals surface area contributed by atoms with Gasteiger partial charge in [-0.05, 0) is 57.6 Å². The van der Waals surface area contributed by atoms with E-state index in [1.165, 1.54) is 36.8 Å². The molecule has 0 amide bonds. The van der Waals surface area contributed by atoms with Crippen LogP contribution in [0, 0.1) is 12.8 Å². The number of nitrogens with one attached hydrogen (secondary N) is 1. The highest BCUT2D eigenvalue weighted by Crippen LogP contribution is 2.08. The molecule has 18 heavy (non-hydrogen) atoms. The van der Waals surface area contributed by atoms with E-state index in [9.17, 15) is 0 Å². The van der Waals surface area contributed by atoms with Gasteiger partial charge in [0.05, 0.1) is 0 Å². The van der Waals surface area contributed by atoms with Gasteiger partial charge in [-0.2, -0.15) is 0 Å². The molecule has 0 heterocycles. The fourth-order valence-corrected chi connectivity index (χ4v) is 2.21. The zero-order valence-electron chi connectivity index (χ0n) is 12.5. The van der Waals surface area contributed by atoms with Crippen LogP contribution in [0.5, 0.6) is 0 Å². The molecule has 0 saturated heterocycles. The zero-order chi connectivity index (χ0) is 13.4. The van der Waals surface area contributed by atoms with Crippen LogP contribution in [0.4, 0.5) is 0 Å². The summed E-state index contributed by atoms with van der Waals surface area (Å²) in [6.45, 7) is 10.2. The van der Waals surface area contributed by atoms with Crippen LogP contribution >= 0.6 is 0 Å². The van der Waals surface area contributed by atoms with Crippen molar-refractivity contribution in [2.45, 2.75) is 59.4 Å². The summed E-state index contributed by atoms with van der Waals surface area (Å²) in [5.74, 6) is 0.828. The Hall–Kier alpha value is -0.820. The lowest BCUT2D eigenvalue weighted by atomic mass is 10.0. The molecule has 0 spiro atoms. The summed E-state index contributed by atoms with van der Waals surface area (Å²) in [5, 5.41) is 3.62. The second kappa shape index (κ2) is 8.31. The summed E-state index contributed by atoms with van der Waals surface area (Å²) in [5.41, 5.74) is 2.83. The summed E-state index contributed by atoms with van der Waals surface area (Å²) in [6, 6.07) is 9.48. The SMILES string of the molecule is Cc1cccc(CCC(C)NCCCC(C)C)c1. The van der Waals surface area contributed by atoms with Gasteiger partial charge in [0.15, 0.2) is 0 Å². The normalized spacial score (nSPS) is 12.9. The van der Waals surface area contributed by atoms with Crippen molar-refractivity contribution in [2.24, 2.45) is 5.92 Å². The summed E-state index contributed by atoms with van der Waals surface area (Å²) in [7, 11) is 0. The van der Waals surface area contributed by atoms with Crippen molar-refractivity contribution in [3.63, 3.8) is 0 Å². The Labute approximate surface area is 113 Å². The highest BCUT2D eigenvalue weighted by Gasteiger charge is 2.02. The lowest BCUT2D eigenvalue weighted by molar-refractivity contribution is 0.473. The Morgan fingerprint density at radius 2 is 1.89 bits per heavy atom. The van der Waals surface area contributed by atoms with E-state index < -0.39 is 0 Å². The smallest absolute Gasteiger partial charge is 0.00418 e. The maximum atomic E-state index is 3.62. The molecule has 102 valence electrons.